The number of nitrogens with one attached hydrogen (secondary N) is 2. The van der Waals surface area contributed by atoms with Gasteiger partial charge in [0.05, 0.1) is 7.11 Å². The van der Waals surface area contributed by atoms with Gasteiger partial charge in [-0.1, -0.05) is 30.3 Å². The molecule has 0 heterocycles. The highest BCUT2D eigenvalue weighted by Gasteiger charge is 2.03. The van der Waals surface area contributed by atoms with Crippen molar-refractivity contribution in [3.8, 4) is 5.75 Å². The third-order valence-electron chi connectivity index (χ3n) is 3.07. The standard InChI is InChI=1S/C18H18N2O2S/c1-13-6-5-8-15(12-13)19-18(23)20-17(21)11-10-14-7-3-4-9-16(14)22-2/h3-12H,1-2H3,(H2,19,20,21,23)/b11-10+. The van der Waals surface area contributed by atoms with Gasteiger partial charge in [-0.3, -0.25) is 10.1 Å². The Morgan fingerprint density at radius 3 is 2.70 bits per heavy atom. The normalized spacial score (nSPS) is 10.3. The van der Waals surface area contributed by atoms with Crippen molar-refractivity contribution in [2.75, 3.05) is 12.4 Å². The van der Waals surface area contributed by atoms with Gasteiger partial charge in [-0.2, -0.15) is 0 Å². The van der Waals surface area contributed by atoms with Crippen LogP contribution in [-0.4, -0.2) is 18.1 Å². The quantitative estimate of drug-likeness (QED) is 0.667. The van der Waals surface area contributed by atoms with E-state index in [9.17, 15) is 4.79 Å². The van der Waals surface area contributed by atoms with Crippen molar-refractivity contribution in [3.05, 3.63) is 65.7 Å². The molecule has 0 aliphatic heterocycles. The highest BCUT2D eigenvalue weighted by atomic mass is 32.1. The summed E-state index contributed by atoms with van der Waals surface area (Å²) < 4.78 is 5.23. The lowest BCUT2D eigenvalue weighted by molar-refractivity contribution is -0.115. The molecule has 0 saturated carbocycles. The fourth-order valence-corrected chi connectivity index (χ4v) is 2.23. The van der Waals surface area contributed by atoms with Crippen LogP contribution in [0.5, 0.6) is 5.75 Å². The van der Waals surface area contributed by atoms with Gasteiger partial charge in [0.15, 0.2) is 5.11 Å². The molecule has 0 aliphatic rings. The van der Waals surface area contributed by atoms with Crippen molar-refractivity contribution in [1.29, 1.82) is 0 Å². The Morgan fingerprint density at radius 1 is 1.17 bits per heavy atom. The number of methoxy groups -OCH3 is 1. The van der Waals surface area contributed by atoms with Gasteiger partial charge in [-0.05, 0) is 49.0 Å². The maximum Gasteiger partial charge on any atom is 0.250 e. The number of ether oxygens (including phenoxy) is 1. The summed E-state index contributed by atoms with van der Waals surface area (Å²) >= 11 is 5.13. The number of para-hydroxylation sites is 1. The van der Waals surface area contributed by atoms with Crippen LogP contribution in [0.1, 0.15) is 11.1 Å². The van der Waals surface area contributed by atoms with E-state index in [0.717, 1.165) is 16.8 Å². The molecule has 0 atom stereocenters. The van der Waals surface area contributed by atoms with Crippen LogP contribution in [0.25, 0.3) is 6.08 Å². The Bertz CT molecular complexity index is 741. The van der Waals surface area contributed by atoms with Crippen LogP contribution >= 0.6 is 12.2 Å². The first-order chi connectivity index (χ1) is 11.1. The minimum atomic E-state index is -0.305. The number of carbonyl (C=O) groups is 1. The predicted octanol–water partition coefficient (Wildman–Crippen LogP) is 3.53. The molecule has 0 fully saturated rings. The smallest absolute Gasteiger partial charge is 0.250 e. The fourth-order valence-electron chi connectivity index (χ4n) is 2.01. The molecule has 5 heteroatoms. The molecule has 2 rings (SSSR count). The monoisotopic (exact) mass is 326 g/mol. The molecule has 0 saturated heterocycles. The molecular formula is C18H18N2O2S. The molecule has 1 amide bonds. The molecule has 0 bridgehead atoms. The van der Waals surface area contributed by atoms with Crippen LogP contribution in [-0.2, 0) is 4.79 Å². The lowest BCUT2D eigenvalue weighted by atomic mass is 10.2. The van der Waals surface area contributed by atoms with Crippen molar-refractivity contribution in [3.63, 3.8) is 0 Å². The molecule has 23 heavy (non-hydrogen) atoms. The predicted molar refractivity (Wildman–Crippen MR) is 97.6 cm³/mol. The zero-order chi connectivity index (χ0) is 16.7. The van der Waals surface area contributed by atoms with E-state index in [1.54, 1.807) is 13.2 Å². The molecule has 0 radical (unpaired) electrons. The molecule has 2 aromatic rings. The minimum absolute atomic E-state index is 0.255. The maximum atomic E-state index is 11.9. The maximum absolute atomic E-state index is 11.9. The van der Waals surface area contributed by atoms with Gasteiger partial charge in [0, 0.05) is 17.3 Å². The van der Waals surface area contributed by atoms with Crippen LogP contribution in [0.4, 0.5) is 5.69 Å². The summed E-state index contributed by atoms with van der Waals surface area (Å²) in [5.41, 5.74) is 2.77. The van der Waals surface area contributed by atoms with Gasteiger partial charge in [-0.25, -0.2) is 0 Å². The molecule has 2 aromatic carbocycles. The fraction of sp³-hybridized carbons (Fsp3) is 0.111. The largest absolute Gasteiger partial charge is 0.496 e. The van der Waals surface area contributed by atoms with Crippen molar-refractivity contribution in [2.24, 2.45) is 0 Å². The average Bonchev–Trinajstić information content (AvgIpc) is 2.53. The first kappa shape index (κ1) is 16.7. The summed E-state index contributed by atoms with van der Waals surface area (Å²) in [6, 6.07) is 15.2. The second kappa shape index (κ2) is 8.10. The summed E-state index contributed by atoms with van der Waals surface area (Å²) in [5.74, 6) is 0.401. The number of hydrogen-bond donors (Lipinski definition) is 2. The van der Waals surface area contributed by atoms with Crippen molar-refractivity contribution in [1.82, 2.24) is 5.32 Å². The van der Waals surface area contributed by atoms with Gasteiger partial charge in [0.1, 0.15) is 5.75 Å². The van der Waals surface area contributed by atoms with Gasteiger partial charge < -0.3 is 10.1 Å². The Balaban J connectivity index is 1.94. The summed E-state index contributed by atoms with van der Waals surface area (Å²) in [7, 11) is 1.59. The number of carbonyl (C=O) groups excluding carboxylic acids is 1. The number of benzene rings is 2. The topological polar surface area (TPSA) is 50.4 Å². The molecule has 0 aliphatic carbocycles. The zero-order valence-electron chi connectivity index (χ0n) is 13.0. The molecular weight excluding hydrogens is 308 g/mol. The van der Waals surface area contributed by atoms with Gasteiger partial charge in [-0.15, -0.1) is 0 Å². The molecule has 4 nitrogen and oxygen atoms in total. The van der Waals surface area contributed by atoms with E-state index in [1.807, 2.05) is 55.5 Å². The third-order valence-corrected chi connectivity index (χ3v) is 3.27. The second-order valence-electron chi connectivity index (χ2n) is 4.89. The van der Waals surface area contributed by atoms with Gasteiger partial charge >= 0.3 is 0 Å². The Morgan fingerprint density at radius 2 is 1.96 bits per heavy atom. The van der Waals surface area contributed by atoms with E-state index in [0.29, 0.717) is 5.75 Å². The highest BCUT2D eigenvalue weighted by Crippen LogP contribution is 2.18. The summed E-state index contributed by atoms with van der Waals surface area (Å²) in [6.45, 7) is 1.99. The SMILES string of the molecule is COc1ccccc1/C=C/C(=O)NC(=S)Nc1cccc(C)c1. The van der Waals surface area contributed by atoms with E-state index in [1.165, 1.54) is 6.08 Å². The van der Waals surface area contributed by atoms with Crippen molar-refractivity contribution >= 4 is 35.0 Å². The molecule has 2 N–H and O–H groups in total. The molecule has 118 valence electrons. The van der Waals surface area contributed by atoms with Crippen LogP contribution in [0.3, 0.4) is 0 Å². The van der Waals surface area contributed by atoms with Gasteiger partial charge in [0.2, 0.25) is 5.91 Å². The van der Waals surface area contributed by atoms with Crippen LogP contribution < -0.4 is 15.4 Å². The molecule has 0 aromatic heterocycles. The number of amides is 1. The van der Waals surface area contributed by atoms with Crippen LogP contribution in [0.15, 0.2) is 54.6 Å². The number of aryl methyl sites for hydroxylation is 1. The number of hydrogen-bond acceptors (Lipinski definition) is 3. The number of rotatable bonds is 4. The van der Waals surface area contributed by atoms with Gasteiger partial charge in [0.25, 0.3) is 0 Å². The highest BCUT2D eigenvalue weighted by molar-refractivity contribution is 7.80. The Hall–Kier alpha value is -2.66. The van der Waals surface area contributed by atoms with Crippen molar-refractivity contribution < 1.29 is 9.53 Å². The number of thiocarbonyl (C=S) groups is 1. The van der Waals surface area contributed by atoms with E-state index < -0.39 is 0 Å². The second-order valence-corrected chi connectivity index (χ2v) is 5.30. The lowest BCUT2D eigenvalue weighted by Crippen LogP contribution is -2.32. The zero-order valence-corrected chi connectivity index (χ0v) is 13.8. The Kier molecular flexibility index (Phi) is 5.88. The lowest BCUT2D eigenvalue weighted by Gasteiger charge is -2.08. The van der Waals surface area contributed by atoms with Crippen molar-refractivity contribution in [2.45, 2.75) is 6.92 Å². The minimum Gasteiger partial charge on any atom is -0.496 e. The summed E-state index contributed by atoms with van der Waals surface area (Å²) in [6.07, 6.45) is 3.10. The molecule has 0 unspecified atom stereocenters. The third kappa shape index (κ3) is 5.23. The van der Waals surface area contributed by atoms with E-state index in [-0.39, 0.29) is 11.0 Å². The van der Waals surface area contributed by atoms with Crippen LogP contribution in [0, 0.1) is 6.92 Å². The molecule has 0 spiro atoms. The summed E-state index contributed by atoms with van der Waals surface area (Å²) in [4.78, 5) is 11.9. The van der Waals surface area contributed by atoms with Crippen LogP contribution in [0.2, 0.25) is 0 Å². The Labute approximate surface area is 141 Å². The van der Waals surface area contributed by atoms with E-state index in [4.69, 9.17) is 17.0 Å². The number of anilines is 1. The summed E-state index contributed by atoms with van der Waals surface area (Å²) in [5, 5.41) is 5.84. The van der Waals surface area contributed by atoms with E-state index >= 15 is 0 Å². The average molecular weight is 326 g/mol. The first-order valence-electron chi connectivity index (χ1n) is 7.08. The first-order valence-corrected chi connectivity index (χ1v) is 7.49. The van der Waals surface area contributed by atoms with E-state index in [2.05, 4.69) is 10.6 Å².